The molecule has 16 heteroatoms. The molecule has 2 aromatic carbocycles. The molecule has 0 bridgehead atoms. The van der Waals surface area contributed by atoms with Crippen LogP contribution in [0.3, 0.4) is 0 Å². The Morgan fingerprint density at radius 3 is 2.50 bits per heavy atom. The Bertz CT molecular complexity index is 1830. The van der Waals surface area contributed by atoms with Gasteiger partial charge in [0.15, 0.2) is 5.82 Å². The molecule has 0 spiro atoms. The van der Waals surface area contributed by atoms with Crippen LogP contribution < -0.4 is 25.0 Å². The Morgan fingerprint density at radius 1 is 1.00 bits per heavy atom. The van der Waals surface area contributed by atoms with Crippen molar-refractivity contribution in [3.05, 3.63) is 53.9 Å². The molecular formula is C30H36ClFN10O3S. The van der Waals surface area contributed by atoms with E-state index in [-0.39, 0.29) is 28.5 Å². The lowest BCUT2D eigenvalue weighted by Gasteiger charge is -2.44. The highest BCUT2D eigenvalue weighted by Crippen LogP contribution is 2.36. The zero-order valence-corrected chi connectivity index (χ0v) is 27.3. The number of methoxy groups -OCH3 is 1. The van der Waals surface area contributed by atoms with Crippen molar-refractivity contribution in [3.63, 3.8) is 0 Å². The minimum atomic E-state index is -3.65. The second kappa shape index (κ2) is 13.4. The first kappa shape index (κ1) is 31.9. The molecule has 2 saturated heterocycles. The molecule has 0 saturated carbocycles. The van der Waals surface area contributed by atoms with Gasteiger partial charge in [0.25, 0.3) is 0 Å². The number of hydrogen-bond donors (Lipinski definition) is 3. The molecule has 2 aliphatic rings. The van der Waals surface area contributed by atoms with Gasteiger partial charge in [0, 0.05) is 62.9 Å². The highest BCUT2D eigenvalue weighted by Gasteiger charge is 2.34. The Hall–Kier alpha value is -4.05. The number of alkyl halides is 1. The SMILES string of the molecule is COc1cc(N2CCN([C@@H]3CCN(C)C[C@@H]3F)CC2)ccc1Nc1ncc(Cl)c(Nc2ccc3nccnc3c2NS(C)(=O)=O)n1. The van der Waals surface area contributed by atoms with Gasteiger partial charge in [-0.1, -0.05) is 11.6 Å². The summed E-state index contributed by atoms with van der Waals surface area (Å²) in [5.74, 6) is 1.08. The average molecular weight is 671 g/mol. The van der Waals surface area contributed by atoms with Gasteiger partial charge >= 0.3 is 0 Å². The highest BCUT2D eigenvalue weighted by atomic mass is 35.5. The standard InChI is InChI=1S/C30H36ClFN10O3S/c1-40-11-8-25(21(32)18-40)42-14-12-41(13-15-42)19-4-5-22(26(16-19)45-2)37-30-35-17-20(31)29(38-30)36-24-7-6-23-27(34-10-9-33-23)28(24)39-46(3,43)44/h4-7,9-10,16-17,21,25,39H,8,11-15,18H2,1-3H3,(H2,35,36,37,38)/t21-,25+/m0/s1. The smallest absolute Gasteiger partial charge is 0.229 e. The molecule has 2 aromatic heterocycles. The monoisotopic (exact) mass is 670 g/mol. The largest absolute Gasteiger partial charge is 0.494 e. The molecule has 13 nitrogen and oxygen atoms in total. The number of anilines is 6. The molecule has 244 valence electrons. The van der Waals surface area contributed by atoms with Crippen LogP contribution >= 0.6 is 11.6 Å². The first-order valence-electron chi connectivity index (χ1n) is 14.9. The third-order valence-corrected chi connectivity index (χ3v) is 9.07. The molecule has 0 unspecified atom stereocenters. The molecule has 0 aliphatic carbocycles. The van der Waals surface area contributed by atoms with Crippen molar-refractivity contribution >= 4 is 67.2 Å². The summed E-state index contributed by atoms with van der Waals surface area (Å²) in [6.07, 6.45) is 5.53. The number of fused-ring (bicyclic) bond motifs is 1. The van der Waals surface area contributed by atoms with E-state index in [0.717, 1.165) is 51.1 Å². The quantitative estimate of drug-likeness (QED) is 0.236. The fraction of sp³-hybridized carbons (Fsp3) is 0.400. The number of hydrogen-bond acceptors (Lipinski definition) is 12. The molecule has 0 amide bonds. The summed E-state index contributed by atoms with van der Waals surface area (Å²) in [7, 11) is -0.0779. The molecule has 6 rings (SSSR count). The van der Waals surface area contributed by atoms with Crippen LogP contribution in [0, 0.1) is 0 Å². The fourth-order valence-electron chi connectivity index (χ4n) is 5.94. The average Bonchev–Trinajstić information content (AvgIpc) is 3.03. The fourth-order valence-corrected chi connectivity index (χ4v) is 6.66. The summed E-state index contributed by atoms with van der Waals surface area (Å²) < 4.78 is 47.3. The Kier molecular flexibility index (Phi) is 9.27. The molecule has 4 heterocycles. The molecule has 4 aromatic rings. The highest BCUT2D eigenvalue weighted by molar-refractivity contribution is 7.92. The van der Waals surface area contributed by atoms with Crippen molar-refractivity contribution in [3.8, 4) is 5.75 Å². The van der Waals surface area contributed by atoms with Crippen molar-refractivity contribution in [2.24, 2.45) is 0 Å². The predicted octanol–water partition coefficient (Wildman–Crippen LogP) is 4.10. The Labute approximate surface area is 272 Å². The van der Waals surface area contributed by atoms with Gasteiger partial charge in [-0.25, -0.2) is 17.8 Å². The van der Waals surface area contributed by atoms with Gasteiger partial charge in [-0.15, -0.1) is 0 Å². The van der Waals surface area contributed by atoms with Crippen molar-refractivity contribution in [2.45, 2.75) is 18.6 Å². The number of aromatic nitrogens is 4. The van der Waals surface area contributed by atoms with E-state index in [0.29, 0.717) is 34.7 Å². The number of sulfonamides is 1. The van der Waals surface area contributed by atoms with Crippen molar-refractivity contribution in [1.82, 2.24) is 29.7 Å². The summed E-state index contributed by atoms with van der Waals surface area (Å²) in [5.41, 5.74) is 3.12. The summed E-state index contributed by atoms with van der Waals surface area (Å²) in [6.45, 7) is 4.60. The number of nitrogens with one attached hydrogen (secondary N) is 3. The Balaban J connectivity index is 1.18. The normalized spacial score (nSPS) is 19.6. The maximum Gasteiger partial charge on any atom is 0.229 e. The number of piperazine rings is 1. The van der Waals surface area contributed by atoms with Crippen LogP contribution in [0.1, 0.15) is 6.42 Å². The lowest BCUT2D eigenvalue weighted by atomic mass is 10.0. The van der Waals surface area contributed by atoms with E-state index in [1.807, 2.05) is 25.2 Å². The Morgan fingerprint density at radius 2 is 1.76 bits per heavy atom. The number of likely N-dealkylation sites (tertiary alicyclic amines) is 1. The molecule has 3 N–H and O–H groups in total. The van der Waals surface area contributed by atoms with Crippen LogP contribution in [0.15, 0.2) is 48.9 Å². The third kappa shape index (κ3) is 7.17. The minimum Gasteiger partial charge on any atom is -0.494 e. The van der Waals surface area contributed by atoms with Crippen molar-refractivity contribution in [1.29, 1.82) is 0 Å². The zero-order chi connectivity index (χ0) is 32.4. The van der Waals surface area contributed by atoms with Gasteiger partial charge in [-0.2, -0.15) is 4.98 Å². The summed E-state index contributed by atoms with van der Waals surface area (Å²) >= 11 is 6.45. The zero-order valence-electron chi connectivity index (χ0n) is 25.7. The van der Waals surface area contributed by atoms with Gasteiger partial charge in [0.2, 0.25) is 16.0 Å². The van der Waals surface area contributed by atoms with Gasteiger partial charge < -0.3 is 25.2 Å². The van der Waals surface area contributed by atoms with E-state index >= 15 is 0 Å². The lowest BCUT2D eigenvalue weighted by Crippen LogP contribution is -2.57. The number of halogens is 2. The minimum absolute atomic E-state index is 0.0179. The molecular weight excluding hydrogens is 635 g/mol. The predicted molar refractivity (Wildman–Crippen MR) is 179 cm³/mol. The maximum absolute atomic E-state index is 14.7. The van der Waals surface area contributed by atoms with Crippen LogP contribution in [0.2, 0.25) is 5.02 Å². The first-order chi connectivity index (χ1) is 22.1. The summed E-state index contributed by atoms with van der Waals surface area (Å²) in [4.78, 5) is 24.1. The van der Waals surface area contributed by atoms with E-state index < -0.39 is 16.2 Å². The van der Waals surface area contributed by atoms with Gasteiger partial charge in [-0.05, 0) is 44.3 Å². The third-order valence-electron chi connectivity index (χ3n) is 8.22. The molecule has 46 heavy (non-hydrogen) atoms. The first-order valence-corrected chi connectivity index (χ1v) is 17.1. The number of rotatable bonds is 9. The second-order valence-corrected chi connectivity index (χ2v) is 13.6. The van der Waals surface area contributed by atoms with Crippen molar-refractivity contribution in [2.75, 3.05) is 79.9 Å². The topological polar surface area (TPSA) is 141 Å². The van der Waals surface area contributed by atoms with Gasteiger partial charge in [0.1, 0.15) is 22.5 Å². The maximum atomic E-state index is 14.7. The van der Waals surface area contributed by atoms with E-state index in [9.17, 15) is 12.8 Å². The van der Waals surface area contributed by atoms with Crippen molar-refractivity contribution < 1.29 is 17.5 Å². The number of ether oxygens (including phenoxy) is 1. The second-order valence-electron chi connectivity index (χ2n) is 11.5. The van der Waals surface area contributed by atoms with E-state index in [1.54, 1.807) is 19.2 Å². The van der Waals surface area contributed by atoms with Crippen LogP contribution in [-0.2, 0) is 10.0 Å². The van der Waals surface area contributed by atoms with E-state index in [2.05, 4.69) is 50.0 Å². The molecule has 2 fully saturated rings. The number of piperidine rings is 1. The van der Waals surface area contributed by atoms with Crippen LogP contribution in [0.25, 0.3) is 11.0 Å². The number of nitrogens with zero attached hydrogens (tertiary/aromatic N) is 7. The molecule has 0 radical (unpaired) electrons. The number of benzene rings is 2. The lowest BCUT2D eigenvalue weighted by molar-refractivity contribution is 0.0405. The van der Waals surface area contributed by atoms with E-state index in [4.69, 9.17) is 16.3 Å². The van der Waals surface area contributed by atoms with Gasteiger partial charge in [-0.3, -0.25) is 19.6 Å². The summed E-state index contributed by atoms with van der Waals surface area (Å²) in [5, 5.41) is 6.52. The van der Waals surface area contributed by atoms with Crippen LogP contribution in [-0.4, -0.2) is 110 Å². The van der Waals surface area contributed by atoms with Gasteiger partial charge in [0.05, 0.1) is 42.1 Å². The molecule has 2 aliphatic heterocycles. The molecule has 2 atom stereocenters. The summed E-state index contributed by atoms with van der Waals surface area (Å²) in [6, 6.07) is 9.22. The van der Waals surface area contributed by atoms with E-state index in [1.165, 1.54) is 18.6 Å². The van der Waals surface area contributed by atoms with Crippen LogP contribution in [0.4, 0.5) is 38.9 Å². The van der Waals surface area contributed by atoms with Crippen LogP contribution in [0.5, 0.6) is 5.75 Å².